The zero-order valence-corrected chi connectivity index (χ0v) is 12.3. The summed E-state index contributed by atoms with van der Waals surface area (Å²) in [5.41, 5.74) is 0.870. The molecule has 0 spiro atoms. The minimum atomic E-state index is -0.306. The summed E-state index contributed by atoms with van der Waals surface area (Å²) in [6.07, 6.45) is 0.241. The second-order valence-corrected chi connectivity index (χ2v) is 5.01. The first-order valence-corrected chi connectivity index (χ1v) is 6.52. The third-order valence-electron chi connectivity index (χ3n) is 2.61. The van der Waals surface area contributed by atoms with Crippen LogP contribution in [-0.4, -0.2) is 31.6 Å². The van der Waals surface area contributed by atoms with E-state index in [2.05, 4.69) is 15.9 Å². The molecule has 100 valence electrons. The Morgan fingerprint density at radius 1 is 1.50 bits per heavy atom. The Balaban J connectivity index is 2.94. The quantitative estimate of drug-likeness (QED) is 0.781. The first kappa shape index (κ1) is 15.1. The number of carbonyl (C=O) groups excluding carboxylic acids is 1. The van der Waals surface area contributed by atoms with Crippen molar-refractivity contribution in [2.75, 3.05) is 20.7 Å². The normalized spacial score (nSPS) is 12.6. The molecular formula is C13H17BrFNO2. The topological polar surface area (TPSA) is 29.5 Å². The number of halogens is 2. The molecule has 0 aliphatic rings. The standard InChI is InChI=1S/C13H17BrFNO2/c1-4-18-13(17)8-12(16(2)3)10-6-5-9(15)7-11(10)14/h5-7,12H,4,8H2,1-3H3. The maximum absolute atomic E-state index is 13.1. The number of rotatable bonds is 5. The predicted octanol–water partition coefficient (Wildman–Crippen LogP) is 3.14. The molecule has 1 unspecified atom stereocenters. The van der Waals surface area contributed by atoms with E-state index in [1.807, 2.05) is 19.0 Å². The molecule has 1 rings (SSSR count). The largest absolute Gasteiger partial charge is 0.466 e. The number of carbonyl (C=O) groups is 1. The first-order chi connectivity index (χ1) is 8.45. The summed E-state index contributed by atoms with van der Waals surface area (Å²) in [5.74, 6) is -0.563. The monoisotopic (exact) mass is 317 g/mol. The summed E-state index contributed by atoms with van der Waals surface area (Å²) in [5, 5.41) is 0. The van der Waals surface area contributed by atoms with E-state index in [-0.39, 0.29) is 24.2 Å². The van der Waals surface area contributed by atoms with E-state index in [1.165, 1.54) is 12.1 Å². The van der Waals surface area contributed by atoms with Gasteiger partial charge in [-0.25, -0.2) is 4.39 Å². The molecule has 3 nitrogen and oxygen atoms in total. The fourth-order valence-electron chi connectivity index (χ4n) is 1.72. The molecule has 0 N–H and O–H groups in total. The minimum Gasteiger partial charge on any atom is -0.466 e. The molecule has 1 atom stereocenters. The molecule has 0 amide bonds. The lowest BCUT2D eigenvalue weighted by molar-refractivity contribution is -0.144. The molecule has 0 aliphatic carbocycles. The van der Waals surface area contributed by atoms with Crippen molar-refractivity contribution in [2.24, 2.45) is 0 Å². The fraction of sp³-hybridized carbons (Fsp3) is 0.462. The van der Waals surface area contributed by atoms with E-state index in [9.17, 15) is 9.18 Å². The number of hydrogen-bond acceptors (Lipinski definition) is 3. The molecule has 0 saturated carbocycles. The Labute approximate surface area is 115 Å². The maximum atomic E-state index is 13.1. The highest BCUT2D eigenvalue weighted by Gasteiger charge is 2.21. The summed E-state index contributed by atoms with van der Waals surface area (Å²) >= 11 is 3.33. The Morgan fingerprint density at radius 3 is 2.67 bits per heavy atom. The summed E-state index contributed by atoms with van der Waals surface area (Å²) < 4.78 is 18.7. The average molecular weight is 318 g/mol. The highest BCUT2D eigenvalue weighted by molar-refractivity contribution is 9.10. The summed E-state index contributed by atoms with van der Waals surface area (Å²) in [6.45, 7) is 2.14. The van der Waals surface area contributed by atoms with Crippen LogP contribution in [0.2, 0.25) is 0 Å². The molecule has 0 bridgehead atoms. The van der Waals surface area contributed by atoms with Crippen LogP contribution in [0.25, 0.3) is 0 Å². The fourth-order valence-corrected chi connectivity index (χ4v) is 2.34. The Kier molecular flexibility index (Phi) is 5.75. The van der Waals surface area contributed by atoms with Crippen LogP contribution in [0.3, 0.4) is 0 Å². The molecule has 0 radical (unpaired) electrons. The van der Waals surface area contributed by atoms with Crippen molar-refractivity contribution in [1.29, 1.82) is 0 Å². The van der Waals surface area contributed by atoms with Gasteiger partial charge in [0.2, 0.25) is 0 Å². The van der Waals surface area contributed by atoms with Gasteiger partial charge in [0.15, 0.2) is 0 Å². The highest BCUT2D eigenvalue weighted by Crippen LogP contribution is 2.29. The molecule has 0 aromatic heterocycles. The van der Waals surface area contributed by atoms with Gasteiger partial charge in [-0.2, -0.15) is 0 Å². The number of nitrogens with zero attached hydrogens (tertiary/aromatic N) is 1. The van der Waals surface area contributed by atoms with Crippen LogP contribution in [0.15, 0.2) is 22.7 Å². The lowest BCUT2D eigenvalue weighted by atomic mass is 10.0. The van der Waals surface area contributed by atoms with Gasteiger partial charge in [0.05, 0.1) is 13.0 Å². The van der Waals surface area contributed by atoms with Gasteiger partial charge in [0.1, 0.15) is 5.82 Å². The molecule has 18 heavy (non-hydrogen) atoms. The maximum Gasteiger partial charge on any atom is 0.307 e. The van der Waals surface area contributed by atoms with Crippen molar-refractivity contribution in [3.05, 3.63) is 34.1 Å². The molecule has 1 aromatic rings. The average Bonchev–Trinajstić information content (AvgIpc) is 2.27. The van der Waals surface area contributed by atoms with Gasteiger partial charge < -0.3 is 9.64 Å². The second kappa shape index (κ2) is 6.85. The first-order valence-electron chi connectivity index (χ1n) is 5.72. The third-order valence-corrected chi connectivity index (χ3v) is 3.30. The lowest BCUT2D eigenvalue weighted by Crippen LogP contribution is -2.24. The van der Waals surface area contributed by atoms with E-state index in [0.717, 1.165) is 5.56 Å². The van der Waals surface area contributed by atoms with E-state index in [1.54, 1.807) is 13.0 Å². The molecule has 0 fully saturated rings. The van der Waals surface area contributed by atoms with Crippen molar-refractivity contribution in [2.45, 2.75) is 19.4 Å². The Bertz CT molecular complexity index is 423. The Morgan fingerprint density at radius 2 is 2.17 bits per heavy atom. The van der Waals surface area contributed by atoms with Crippen molar-refractivity contribution in [1.82, 2.24) is 4.90 Å². The molecular weight excluding hydrogens is 301 g/mol. The molecule has 1 aromatic carbocycles. The van der Waals surface area contributed by atoms with Crippen LogP contribution < -0.4 is 0 Å². The van der Waals surface area contributed by atoms with Gasteiger partial charge in [-0.3, -0.25) is 4.79 Å². The van der Waals surface area contributed by atoms with Gasteiger partial charge in [-0.15, -0.1) is 0 Å². The summed E-state index contributed by atoms with van der Waals surface area (Å²) in [4.78, 5) is 13.5. The Hall–Kier alpha value is -0.940. The van der Waals surface area contributed by atoms with Crippen molar-refractivity contribution in [3.63, 3.8) is 0 Å². The van der Waals surface area contributed by atoms with Gasteiger partial charge in [0.25, 0.3) is 0 Å². The van der Waals surface area contributed by atoms with Crippen LogP contribution in [-0.2, 0) is 9.53 Å². The van der Waals surface area contributed by atoms with Crippen LogP contribution in [0.4, 0.5) is 4.39 Å². The van der Waals surface area contributed by atoms with Gasteiger partial charge in [-0.05, 0) is 38.7 Å². The van der Waals surface area contributed by atoms with Gasteiger partial charge in [-0.1, -0.05) is 22.0 Å². The van der Waals surface area contributed by atoms with Crippen molar-refractivity contribution >= 4 is 21.9 Å². The summed E-state index contributed by atoms with van der Waals surface area (Å²) in [7, 11) is 3.75. The van der Waals surface area contributed by atoms with Crippen LogP contribution in [0.5, 0.6) is 0 Å². The van der Waals surface area contributed by atoms with Gasteiger partial charge >= 0.3 is 5.97 Å². The molecule has 0 saturated heterocycles. The van der Waals surface area contributed by atoms with E-state index in [4.69, 9.17) is 4.74 Å². The van der Waals surface area contributed by atoms with E-state index >= 15 is 0 Å². The van der Waals surface area contributed by atoms with E-state index < -0.39 is 0 Å². The van der Waals surface area contributed by atoms with Gasteiger partial charge in [0, 0.05) is 10.5 Å². The minimum absolute atomic E-state index is 0.140. The molecule has 0 aliphatic heterocycles. The van der Waals surface area contributed by atoms with Crippen molar-refractivity contribution in [3.8, 4) is 0 Å². The van der Waals surface area contributed by atoms with Crippen molar-refractivity contribution < 1.29 is 13.9 Å². The predicted molar refractivity (Wildman–Crippen MR) is 71.8 cm³/mol. The number of esters is 1. The van der Waals surface area contributed by atoms with Crippen LogP contribution in [0.1, 0.15) is 24.9 Å². The second-order valence-electron chi connectivity index (χ2n) is 4.15. The van der Waals surface area contributed by atoms with E-state index in [0.29, 0.717) is 11.1 Å². The van der Waals surface area contributed by atoms with Crippen LogP contribution >= 0.6 is 15.9 Å². The molecule has 5 heteroatoms. The van der Waals surface area contributed by atoms with Crippen LogP contribution in [0, 0.1) is 5.82 Å². The SMILES string of the molecule is CCOC(=O)CC(c1ccc(F)cc1Br)N(C)C. The molecule has 0 heterocycles. The number of ether oxygens (including phenoxy) is 1. The lowest BCUT2D eigenvalue weighted by Gasteiger charge is -2.25. The zero-order valence-electron chi connectivity index (χ0n) is 10.7. The summed E-state index contributed by atoms with van der Waals surface area (Å²) in [6, 6.07) is 4.33. The highest BCUT2D eigenvalue weighted by atomic mass is 79.9. The zero-order chi connectivity index (χ0) is 13.7. The smallest absolute Gasteiger partial charge is 0.307 e. The third kappa shape index (κ3) is 4.07. The number of hydrogen-bond donors (Lipinski definition) is 0. The number of benzene rings is 1.